The van der Waals surface area contributed by atoms with Crippen molar-refractivity contribution in [3.05, 3.63) is 71.3 Å². The summed E-state index contributed by atoms with van der Waals surface area (Å²) in [5.41, 5.74) is 1.16. The summed E-state index contributed by atoms with van der Waals surface area (Å²) in [5, 5.41) is 0. The van der Waals surface area contributed by atoms with E-state index in [0.29, 0.717) is 0 Å². The molecule has 0 radical (unpaired) electrons. The van der Waals surface area contributed by atoms with E-state index in [1.807, 2.05) is 30.3 Å². The fraction of sp³-hybridized carbons (Fsp3) is 0.486. The number of carbonyl (C=O) groups excluding carboxylic acids is 6. The van der Waals surface area contributed by atoms with Crippen LogP contribution in [0.1, 0.15) is 54.0 Å². The summed E-state index contributed by atoms with van der Waals surface area (Å²) in [6, 6.07) is 14.4. The summed E-state index contributed by atoms with van der Waals surface area (Å²) in [7, 11) is 0. The number of rotatable bonds is 11. The van der Waals surface area contributed by atoms with Crippen LogP contribution in [0.2, 0.25) is 0 Å². The van der Waals surface area contributed by atoms with Crippen molar-refractivity contribution < 1.29 is 71.4 Å². The zero-order valence-electron chi connectivity index (χ0n) is 28.2. The van der Waals surface area contributed by atoms with Gasteiger partial charge < -0.3 is 42.6 Å². The van der Waals surface area contributed by atoms with Gasteiger partial charge in [0.15, 0.2) is 30.9 Å². The summed E-state index contributed by atoms with van der Waals surface area (Å²) < 4.78 is 53.2. The first-order chi connectivity index (χ1) is 24.4. The second kappa shape index (κ2) is 15.2. The van der Waals surface area contributed by atoms with Crippen molar-refractivity contribution in [3.63, 3.8) is 0 Å². The van der Waals surface area contributed by atoms with Crippen LogP contribution in [-0.2, 0) is 68.4 Å². The number of esters is 4. The van der Waals surface area contributed by atoms with E-state index in [0.717, 1.165) is 38.2 Å². The molecule has 0 aliphatic carbocycles. The second-order valence-corrected chi connectivity index (χ2v) is 12.3. The number of imide groups is 1. The van der Waals surface area contributed by atoms with E-state index < -0.39 is 104 Å². The number of hydrogen-bond acceptors (Lipinski definition) is 15. The van der Waals surface area contributed by atoms with Crippen LogP contribution in [0.25, 0.3) is 0 Å². The summed E-state index contributed by atoms with van der Waals surface area (Å²) in [6.45, 7) is 3.98. The molecule has 6 rings (SSSR count). The molecule has 4 aliphatic heterocycles. The molecule has 10 atom stereocenters. The molecular weight excluding hydrogens is 674 g/mol. The lowest BCUT2D eigenvalue weighted by Crippen LogP contribution is -2.67. The summed E-state index contributed by atoms with van der Waals surface area (Å²) in [4.78, 5) is 77.5. The molecule has 272 valence electrons. The minimum absolute atomic E-state index is 0.0169. The Bertz CT molecular complexity index is 1630. The third kappa shape index (κ3) is 7.64. The van der Waals surface area contributed by atoms with Gasteiger partial charge in [0.25, 0.3) is 11.8 Å². The molecule has 3 saturated heterocycles. The van der Waals surface area contributed by atoms with Gasteiger partial charge >= 0.3 is 23.9 Å². The van der Waals surface area contributed by atoms with Gasteiger partial charge in [-0.15, -0.1) is 0 Å². The molecule has 3 fully saturated rings. The van der Waals surface area contributed by atoms with Crippen molar-refractivity contribution in [2.24, 2.45) is 0 Å². The van der Waals surface area contributed by atoms with E-state index in [1.54, 1.807) is 24.3 Å². The predicted octanol–water partition coefficient (Wildman–Crippen LogP) is 1.46. The minimum Gasteiger partial charge on any atom is -0.463 e. The van der Waals surface area contributed by atoms with Crippen molar-refractivity contribution in [2.45, 2.75) is 95.7 Å². The van der Waals surface area contributed by atoms with Crippen molar-refractivity contribution in [2.75, 3.05) is 13.2 Å². The van der Waals surface area contributed by atoms with Crippen LogP contribution >= 0.6 is 0 Å². The maximum atomic E-state index is 13.8. The van der Waals surface area contributed by atoms with Crippen LogP contribution in [0.3, 0.4) is 0 Å². The summed E-state index contributed by atoms with van der Waals surface area (Å²) in [6.07, 6.45) is -11.6. The van der Waals surface area contributed by atoms with Crippen molar-refractivity contribution in [1.29, 1.82) is 0 Å². The van der Waals surface area contributed by atoms with Crippen molar-refractivity contribution >= 4 is 35.7 Å². The van der Waals surface area contributed by atoms with E-state index in [1.165, 1.54) is 0 Å². The van der Waals surface area contributed by atoms with E-state index in [4.69, 9.17) is 42.6 Å². The molecule has 4 heterocycles. The van der Waals surface area contributed by atoms with Gasteiger partial charge in [0, 0.05) is 27.7 Å². The SMILES string of the molecule is CC(=O)OC[C@H]1O[C@@H](O[C@H]2[C@H](OCc3ccccc3)[C@@H](N3C(=O)c4ccccc4C3=O)[C@@H]3OC[C@H]2O3)[C@H](OC(C)=O)[C@@H](OC(C)=O)[C@H]1OC(C)=O. The maximum absolute atomic E-state index is 13.8. The fourth-order valence-corrected chi connectivity index (χ4v) is 6.68. The number of fused-ring (bicyclic) bond motifs is 3. The fourth-order valence-electron chi connectivity index (χ4n) is 6.68. The number of ether oxygens (including phenoxy) is 9. The molecule has 0 spiro atoms. The molecule has 51 heavy (non-hydrogen) atoms. The van der Waals surface area contributed by atoms with Gasteiger partial charge in [0.05, 0.1) is 24.3 Å². The number of benzene rings is 2. The van der Waals surface area contributed by atoms with Crippen LogP contribution in [0.4, 0.5) is 0 Å². The Kier molecular flexibility index (Phi) is 10.8. The lowest BCUT2D eigenvalue weighted by Gasteiger charge is -2.48. The lowest BCUT2D eigenvalue weighted by atomic mass is 9.95. The molecular formula is C35H37NO15. The highest BCUT2D eigenvalue weighted by molar-refractivity contribution is 6.21. The molecule has 2 aromatic carbocycles. The Hall–Kier alpha value is -4.74. The van der Waals surface area contributed by atoms with Gasteiger partial charge in [-0.2, -0.15) is 0 Å². The van der Waals surface area contributed by atoms with Crippen LogP contribution in [0.5, 0.6) is 0 Å². The first kappa shape index (κ1) is 36.1. The lowest BCUT2D eigenvalue weighted by molar-refractivity contribution is -0.338. The first-order valence-corrected chi connectivity index (χ1v) is 16.3. The van der Waals surface area contributed by atoms with Gasteiger partial charge in [-0.1, -0.05) is 42.5 Å². The van der Waals surface area contributed by atoms with E-state index in [-0.39, 0.29) is 24.3 Å². The van der Waals surface area contributed by atoms with Gasteiger partial charge in [0.1, 0.15) is 37.1 Å². The normalized spacial score (nSPS) is 31.1. The molecule has 0 unspecified atom stereocenters. The number of amides is 2. The van der Waals surface area contributed by atoms with Crippen molar-refractivity contribution in [1.82, 2.24) is 4.90 Å². The zero-order valence-corrected chi connectivity index (χ0v) is 28.2. The molecule has 2 aromatic rings. The van der Waals surface area contributed by atoms with E-state index in [9.17, 15) is 28.8 Å². The molecule has 0 N–H and O–H groups in total. The Balaban J connectivity index is 1.39. The standard InChI is InChI=1S/C35H37NO15/c1-17(37)43-15-24-28(46-18(2)38)30(47-19(3)39)31(48-20(4)40)35(50-24)51-27-25-16-45-34(49-25)26(29(27)44-14-21-10-6-5-7-11-21)36-32(41)22-12-8-9-13-23(22)33(36)42/h5-13,24-31,34-35H,14-16H2,1-4H3/t24-,25-,26-,27-,28+,29-,30+,31-,34-,35+/m1/s1. The van der Waals surface area contributed by atoms with Crippen LogP contribution < -0.4 is 0 Å². The topological polar surface area (TPSA) is 189 Å². The first-order valence-electron chi connectivity index (χ1n) is 16.3. The zero-order chi connectivity index (χ0) is 36.4. The predicted molar refractivity (Wildman–Crippen MR) is 167 cm³/mol. The van der Waals surface area contributed by atoms with Gasteiger partial charge in [0.2, 0.25) is 0 Å². The third-order valence-electron chi connectivity index (χ3n) is 8.69. The highest BCUT2D eigenvalue weighted by Crippen LogP contribution is 2.40. The number of hydrogen-bond donors (Lipinski definition) is 0. The van der Waals surface area contributed by atoms with Crippen LogP contribution in [-0.4, -0.2) is 115 Å². The molecule has 0 saturated carbocycles. The Morgan fingerprint density at radius 1 is 0.706 bits per heavy atom. The highest BCUT2D eigenvalue weighted by atomic mass is 16.8. The molecule has 2 bridgehead atoms. The largest absolute Gasteiger partial charge is 0.463 e. The quantitative estimate of drug-likeness (QED) is 0.185. The molecule has 16 heteroatoms. The molecule has 16 nitrogen and oxygen atoms in total. The summed E-state index contributed by atoms with van der Waals surface area (Å²) in [5.74, 6) is -4.28. The number of carbonyl (C=O) groups is 6. The monoisotopic (exact) mass is 711 g/mol. The summed E-state index contributed by atoms with van der Waals surface area (Å²) >= 11 is 0. The smallest absolute Gasteiger partial charge is 0.303 e. The third-order valence-corrected chi connectivity index (χ3v) is 8.69. The number of nitrogens with zero attached hydrogens (tertiary/aromatic N) is 1. The second-order valence-electron chi connectivity index (χ2n) is 12.3. The molecule has 2 amide bonds. The van der Waals surface area contributed by atoms with Crippen LogP contribution in [0, 0.1) is 0 Å². The Labute approximate surface area is 292 Å². The van der Waals surface area contributed by atoms with E-state index >= 15 is 0 Å². The molecule has 0 aromatic heterocycles. The van der Waals surface area contributed by atoms with Gasteiger partial charge in [-0.05, 0) is 17.7 Å². The Morgan fingerprint density at radius 3 is 1.90 bits per heavy atom. The minimum atomic E-state index is -1.60. The Morgan fingerprint density at radius 2 is 1.29 bits per heavy atom. The average Bonchev–Trinajstić information content (AvgIpc) is 3.62. The highest BCUT2D eigenvalue weighted by Gasteiger charge is 2.60. The van der Waals surface area contributed by atoms with Gasteiger partial charge in [-0.25, -0.2) is 0 Å². The molecule has 4 aliphatic rings. The maximum Gasteiger partial charge on any atom is 0.303 e. The van der Waals surface area contributed by atoms with Crippen LogP contribution in [0.15, 0.2) is 54.6 Å². The van der Waals surface area contributed by atoms with Gasteiger partial charge in [-0.3, -0.25) is 33.7 Å². The van der Waals surface area contributed by atoms with E-state index in [2.05, 4.69) is 0 Å². The average molecular weight is 712 g/mol. The van der Waals surface area contributed by atoms with Crippen molar-refractivity contribution in [3.8, 4) is 0 Å².